The van der Waals surface area contributed by atoms with E-state index in [2.05, 4.69) is 26.1 Å². The molecule has 0 aromatic carbocycles. The molecule has 0 heterocycles. The van der Waals surface area contributed by atoms with Crippen molar-refractivity contribution in [3.8, 4) is 0 Å². The van der Waals surface area contributed by atoms with E-state index >= 15 is 0 Å². The molecule has 100 valence electrons. The number of amides is 1. The summed E-state index contributed by atoms with van der Waals surface area (Å²) in [5, 5.41) is 3.12. The van der Waals surface area contributed by atoms with Gasteiger partial charge >= 0.3 is 0 Å². The summed E-state index contributed by atoms with van der Waals surface area (Å²) in [5.74, 6) is 0.681. The third kappa shape index (κ3) is 4.30. The van der Waals surface area contributed by atoms with Gasteiger partial charge in [-0.3, -0.25) is 4.79 Å². The summed E-state index contributed by atoms with van der Waals surface area (Å²) in [4.78, 5) is 12.1. The van der Waals surface area contributed by atoms with Crippen LogP contribution in [-0.2, 0) is 4.79 Å². The molecule has 0 aromatic heterocycles. The van der Waals surface area contributed by atoms with Crippen LogP contribution in [0.15, 0.2) is 0 Å². The first-order valence-corrected chi connectivity index (χ1v) is 7.12. The smallest absolute Gasteiger partial charge is 0.224 e. The summed E-state index contributed by atoms with van der Waals surface area (Å²) >= 11 is 0. The van der Waals surface area contributed by atoms with Crippen molar-refractivity contribution in [1.29, 1.82) is 0 Å². The topological polar surface area (TPSA) is 55.1 Å². The van der Waals surface area contributed by atoms with Crippen LogP contribution in [0.1, 0.15) is 59.3 Å². The van der Waals surface area contributed by atoms with Gasteiger partial charge < -0.3 is 11.1 Å². The van der Waals surface area contributed by atoms with Gasteiger partial charge in [0, 0.05) is 12.1 Å². The van der Waals surface area contributed by atoms with Gasteiger partial charge in [-0.2, -0.15) is 0 Å². The summed E-state index contributed by atoms with van der Waals surface area (Å²) < 4.78 is 0. The zero-order valence-corrected chi connectivity index (χ0v) is 11.5. The Morgan fingerprint density at radius 3 is 2.82 bits per heavy atom. The number of unbranched alkanes of at least 4 members (excludes halogenated alkanes) is 1. The zero-order chi connectivity index (χ0) is 12.8. The number of carbonyl (C=O) groups is 1. The van der Waals surface area contributed by atoms with Crippen molar-refractivity contribution in [2.45, 2.75) is 71.4 Å². The molecule has 0 aromatic rings. The van der Waals surface area contributed by atoms with Crippen molar-refractivity contribution in [2.75, 3.05) is 0 Å². The Bertz CT molecular complexity index is 242. The van der Waals surface area contributed by atoms with E-state index < -0.39 is 0 Å². The fourth-order valence-electron chi connectivity index (χ4n) is 2.68. The van der Waals surface area contributed by atoms with Crippen LogP contribution in [0.2, 0.25) is 0 Å². The van der Waals surface area contributed by atoms with Gasteiger partial charge in [-0.1, -0.05) is 33.1 Å². The van der Waals surface area contributed by atoms with Gasteiger partial charge in [0.2, 0.25) is 5.91 Å². The van der Waals surface area contributed by atoms with Crippen molar-refractivity contribution in [1.82, 2.24) is 5.32 Å². The highest BCUT2D eigenvalue weighted by molar-refractivity contribution is 5.79. The molecule has 1 aliphatic rings. The Balaban J connectivity index is 2.40. The van der Waals surface area contributed by atoms with E-state index in [-0.39, 0.29) is 23.9 Å². The van der Waals surface area contributed by atoms with Crippen LogP contribution >= 0.6 is 0 Å². The third-order valence-corrected chi connectivity index (χ3v) is 4.01. The Labute approximate surface area is 106 Å². The normalized spacial score (nSPS) is 30.9. The Kier molecular flexibility index (Phi) is 5.96. The van der Waals surface area contributed by atoms with Gasteiger partial charge in [0.25, 0.3) is 0 Å². The highest BCUT2D eigenvalue weighted by Crippen LogP contribution is 2.28. The predicted molar refractivity (Wildman–Crippen MR) is 71.6 cm³/mol. The molecule has 1 amide bonds. The van der Waals surface area contributed by atoms with Gasteiger partial charge in [0.1, 0.15) is 0 Å². The van der Waals surface area contributed by atoms with Gasteiger partial charge in [0.05, 0.1) is 5.92 Å². The fourth-order valence-corrected chi connectivity index (χ4v) is 2.68. The monoisotopic (exact) mass is 240 g/mol. The largest absolute Gasteiger partial charge is 0.353 e. The van der Waals surface area contributed by atoms with Crippen LogP contribution in [0.3, 0.4) is 0 Å². The summed E-state index contributed by atoms with van der Waals surface area (Å²) in [6.07, 6.45) is 6.68. The lowest BCUT2D eigenvalue weighted by Gasteiger charge is -2.33. The molecule has 3 N–H and O–H groups in total. The van der Waals surface area contributed by atoms with Gasteiger partial charge in [-0.25, -0.2) is 0 Å². The van der Waals surface area contributed by atoms with Crippen molar-refractivity contribution < 1.29 is 4.79 Å². The number of carbonyl (C=O) groups excluding carboxylic acids is 1. The molecule has 0 aliphatic heterocycles. The molecule has 4 unspecified atom stereocenters. The van der Waals surface area contributed by atoms with Crippen LogP contribution in [0.4, 0.5) is 0 Å². The van der Waals surface area contributed by atoms with Crippen molar-refractivity contribution in [3.63, 3.8) is 0 Å². The second-order valence-corrected chi connectivity index (χ2v) is 5.64. The molecule has 1 aliphatic carbocycles. The Hall–Kier alpha value is -0.570. The molecule has 4 atom stereocenters. The van der Waals surface area contributed by atoms with E-state index in [9.17, 15) is 4.79 Å². The second kappa shape index (κ2) is 7.00. The highest BCUT2D eigenvalue weighted by Gasteiger charge is 2.32. The zero-order valence-electron chi connectivity index (χ0n) is 11.5. The molecule has 0 radical (unpaired) electrons. The minimum Gasteiger partial charge on any atom is -0.353 e. The molecular weight excluding hydrogens is 212 g/mol. The quantitative estimate of drug-likeness (QED) is 0.775. The number of hydrogen-bond donors (Lipinski definition) is 2. The number of nitrogens with two attached hydrogens (primary N) is 1. The average molecular weight is 240 g/mol. The van der Waals surface area contributed by atoms with Crippen molar-refractivity contribution >= 4 is 5.91 Å². The minimum atomic E-state index is 0.0304. The third-order valence-electron chi connectivity index (χ3n) is 4.01. The summed E-state index contributed by atoms with van der Waals surface area (Å²) in [5.41, 5.74) is 6.14. The maximum atomic E-state index is 12.1. The van der Waals surface area contributed by atoms with Crippen molar-refractivity contribution in [3.05, 3.63) is 0 Å². The van der Waals surface area contributed by atoms with Crippen LogP contribution in [0.25, 0.3) is 0 Å². The van der Waals surface area contributed by atoms with E-state index in [1.54, 1.807) is 0 Å². The van der Waals surface area contributed by atoms with Crippen LogP contribution in [-0.4, -0.2) is 18.0 Å². The second-order valence-electron chi connectivity index (χ2n) is 5.64. The summed E-state index contributed by atoms with van der Waals surface area (Å²) in [6, 6.07) is 0.328. The molecule has 1 saturated carbocycles. The lowest BCUT2D eigenvalue weighted by atomic mass is 9.77. The summed E-state index contributed by atoms with van der Waals surface area (Å²) in [7, 11) is 0. The Morgan fingerprint density at radius 1 is 1.47 bits per heavy atom. The van der Waals surface area contributed by atoms with E-state index in [0.29, 0.717) is 5.92 Å². The number of hydrogen-bond acceptors (Lipinski definition) is 2. The van der Waals surface area contributed by atoms with E-state index in [0.717, 1.165) is 25.7 Å². The number of rotatable bonds is 5. The molecule has 0 spiro atoms. The first kappa shape index (κ1) is 14.5. The molecule has 1 fully saturated rings. The maximum Gasteiger partial charge on any atom is 0.224 e. The summed E-state index contributed by atoms with van der Waals surface area (Å²) in [6.45, 7) is 6.42. The lowest BCUT2D eigenvalue weighted by molar-refractivity contribution is -0.127. The van der Waals surface area contributed by atoms with Crippen molar-refractivity contribution in [2.24, 2.45) is 17.6 Å². The Morgan fingerprint density at radius 2 is 2.18 bits per heavy atom. The van der Waals surface area contributed by atoms with Crippen LogP contribution < -0.4 is 11.1 Å². The molecule has 1 rings (SSSR count). The molecule has 17 heavy (non-hydrogen) atoms. The standard InChI is InChI=1S/C14H28N2O/c1-4-5-8-11(3)16-14(17)12-9-6-7-10(2)13(12)15/h10-13H,4-9,15H2,1-3H3,(H,16,17). The molecular formula is C14H28N2O. The lowest BCUT2D eigenvalue weighted by Crippen LogP contribution is -2.49. The van der Waals surface area contributed by atoms with Gasteiger partial charge in [-0.15, -0.1) is 0 Å². The van der Waals surface area contributed by atoms with Crippen LogP contribution in [0, 0.1) is 11.8 Å². The highest BCUT2D eigenvalue weighted by atomic mass is 16.2. The van der Waals surface area contributed by atoms with Gasteiger partial charge in [0.15, 0.2) is 0 Å². The van der Waals surface area contributed by atoms with E-state index in [1.165, 1.54) is 12.8 Å². The first-order chi connectivity index (χ1) is 8.06. The average Bonchev–Trinajstić information content (AvgIpc) is 2.29. The molecule has 0 saturated heterocycles. The maximum absolute atomic E-state index is 12.1. The van der Waals surface area contributed by atoms with E-state index in [1.807, 2.05) is 0 Å². The SMILES string of the molecule is CCCCC(C)NC(=O)C1CCCC(C)C1N. The first-order valence-electron chi connectivity index (χ1n) is 7.12. The molecule has 3 nitrogen and oxygen atoms in total. The van der Waals surface area contributed by atoms with Crippen LogP contribution in [0.5, 0.6) is 0 Å². The minimum absolute atomic E-state index is 0.0304. The number of nitrogens with one attached hydrogen (secondary N) is 1. The van der Waals surface area contributed by atoms with E-state index in [4.69, 9.17) is 5.73 Å². The molecule has 0 bridgehead atoms. The fraction of sp³-hybridized carbons (Fsp3) is 0.929. The molecule has 3 heteroatoms. The predicted octanol–water partition coefficient (Wildman–Crippen LogP) is 2.44. The van der Waals surface area contributed by atoms with Gasteiger partial charge in [-0.05, 0) is 32.1 Å².